The number of ether oxygens (including phenoxy) is 2. The topological polar surface area (TPSA) is 214 Å². The third kappa shape index (κ3) is 24.5. The van der Waals surface area contributed by atoms with Gasteiger partial charge in [-0.05, 0) is 253 Å². The summed E-state index contributed by atoms with van der Waals surface area (Å²) in [7, 11) is 1.65. The Labute approximate surface area is 630 Å². The van der Waals surface area contributed by atoms with Crippen LogP contribution in [0.5, 0.6) is 5.75 Å². The standard InChI is InChI=1S/C29H34N4O4S.C16H21NO2.C12H15BrO.C12H16O.C12H14O.C4H7NO.CH4/c1-3-37-29(35)27-28(33(31-30-27)19-20-6-14-24(36-2)15-7-20)38-25-16-10-22(11-17-25)21-8-12-23(13-9-21)32-18-4-5-26(32)34;18-15-9-5-13(6-10-15)12-3-7-14(8-4-12)17-11-1-2-16(17)19;13-11-5-1-9(2-6-11)10-3-7-12(14)8-4-10;2*13-12-8-6-11(7-9-12)10-4-2-1-3-5-10;6-4-2-1-3-5-4;/h6-9,12-15,22,25H,3-5,10-11,16-19H2,1-2H3;3-4,7-8,13,15,18H,1-2,5-6,9-11H2;1-2,5-6,10,12,14H,3-4,7-8H2;1-5,11-13H,6-9H2;1-5,11H,6-9H2;1-3H2,(H,5,6);1H4. The summed E-state index contributed by atoms with van der Waals surface area (Å²) in [5, 5.41) is 40.7. The van der Waals surface area contributed by atoms with Crippen LogP contribution in [0.4, 0.5) is 11.4 Å². The predicted molar refractivity (Wildman–Crippen MR) is 419 cm³/mol. The highest BCUT2D eigenvalue weighted by Crippen LogP contribution is 2.42. The van der Waals surface area contributed by atoms with E-state index < -0.39 is 5.97 Å². The van der Waals surface area contributed by atoms with E-state index in [1.54, 1.807) is 25.8 Å². The molecule has 104 heavy (non-hydrogen) atoms. The first-order chi connectivity index (χ1) is 50.2. The maximum absolute atomic E-state index is 12.6. The molecule has 6 aromatic carbocycles. The van der Waals surface area contributed by atoms with Gasteiger partial charge in [0.2, 0.25) is 23.4 Å². The Morgan fingerprint density at radius 1 is 0.510 bits per heavy atom. The van der Waals surface area contributed by atoms with Crippen LogP contribution in [0, 0.1) is 0 Å². The molecule has 0 atom stereocenters. The summed E-state index contributed by atoms with van der Waals surface area (Å²) in [5.74, 6) is 4.52. The molecule has 3 amide bonds. The zero-order valence-electron chi connectivity index (χ0n) is 60.3. The Balaban J connectivity index is 0.000000159. The number of Topliss-reactive ketones (excluding diaryl/α,β-unsaturated/α-hetero) is 1. The third-order valence-electron chi connectivity index (χ3n) is 21.5. The van der Waals surface area contributed by atoms with Gasteiger partial charge in [0.05, 0.1) is 38.6 Å². The van der Waals surface area contributed by atoms with Gasteiger partial charge < -0.3 is 39.9 Å². The largest absolute Gasteiger partial charge is 0.497 e. The number of thioether (sulfide) groups is 1. The highest BCUT2D eigenvalue weighted by Gasteiger charge is 2.31. The minimum Gasteiger partial charge on any atom is -0.497 e. The molecule has 16 nitrogen and oxygen atoms in total. The summed E-state index contributed by atoms with van der Waals surface area (Å²) in [4.78, 5) is 61.3. The Bertz CT molecular complexity index is 3700. The van der Waals surface area contributed by atoms with Gasteiger partial charge in [-0.25, -0.2) is 9.48 Å². The molecule has 1 aromatic heterocycles. The van der Waals surface area contributed by atoms with Crippen LogP contribution >= 0.6 is 27.7 Å². The van der Waals surface area contributed by atoms with Crippen LogP contribution in [0.3, 0.4) is 0 Å². The van der Waals surface area contributed by atoms with Gasteiger partial charge in [-0.2, -0.15) is 0 Å². The lowest BCUT2D eigenvalue weighted by molar-refractivity contribution is -0.120. The van der Waals surface area contributed by atoms with E-state index >= 15 is 0 Å². The molecule has 7 aromatic rings. The van der Waals surface area contributed by atoms with E-state index in [4.69, 9.17) is 9.47 Å². The van der Waals surface area contributed by atoms with E-state index in [0.29, 0.717) is 72.3 Å². The second kappa shape index (κ2) is 42.0. The van der Waals surface area contributed by atoms with Crippen molar-refractivity contribution in [1.29, 1.82) is 0 Å². The number of amides is 3. The lowest BCUT2D eigenvalue weighted by atomic mass is 9.83. The Kier molecular flexibility index (Phi) is 32.6. The van der Waals surface area contributed by atoms with Crippen LogP contribution in [0.15, 0.2) is 167 Å². The van der Waals surface area contributed by atoms with E-state index in [-0.39, 0.29) is 43.5 Å². The number of carbonyl (C=O) groups excluding carboxylic acids is 5. The summed E-state index contributed by atoms with van der Waals surface area (Å²) in [5.41, 5.74) is 10.3. The van der Waals surface area contributed by atoms with Crippen molar-refractivity contribution in [2.45, 2.75) is 246 Å². The van der Waals surface area contributed by atoms with Crippen LogP contribution < -0.4 is 19.9 Å². The predicted octanol–water partition coefficient (Wildman–Crippen LogP) is 17.9. The number of aliphatic hydroxyl groups is 3. The third-order valence-corrected chi connectivity index (χ3v) is 23.5. The lowest BCUT2D eigenvalue weighted by Gasteiger charge is -2.29. The molecule has 8 aliphatic rings. The number of benzene rings is 6. The van der Waals surface area contributed by atoms with Crippen molar-refractivity contribution in [3.8, 4) is 5.75 Å². The number of aromatic nitrogens is 3. The first kappa shape index (κ1) is 80.6. The molecular weight excluding hydrogens is 1390 g/mol. The number of ketones is 1. The summed E-state index contributed by atoms with van der Waals surface area (Å²) in [6.07, 6.45) is 25.1. The monoisotopic (exact) mass is 1500 g/mol. The second-order valence-corrected chi connectivity index (χ2v) is 30.9. The Hall–Kier alpha value is -7.48. The van der Waals surface area contributed by atoms with Gasteiger partial charge in [0.1, 0.15) is 16.6 Å². The van der Waals surface area contributed by atoms with E-state index in [0.717, 1.165) is 206 Å². The Morgan fingerprint density at radius 3 is 1.30 bits per heavy atom. The van der Waals surface area contributed by atoms with Crippen LogP contribution in [-0.2, 0) is 30.5 Å². The van der Waals surface area contributed by atoms with Crippen molar-refractivity contribution in [3.63, 3.8) is 0 Å². The lowest BCUT2D eigenvalue weighted by Crippen LogP contribution is -2.23. The van der Waals surface area contributed by atoms with Crippen molar-refractivity contribution < 1.29 is 48.8 Å². The summed E-state index contributed by atoms with van der Waals surface area (Å²) < 4.78 is 13.5. The molecule has 18 heteroatoms. The molecular formula is C86H111BrN6O10S. The molecule has 0 bridgehead atoms. The van der Waals surface area contributed by atoms with Gasteiger partial charge in [-0.15, -0.1) is 16.9 Å². The number of halogens is 1. The summed E-state index contributed by atoms with van der Waals surface area (Å²) >= 11 is 5.13. The number of aliphatic hydroxyl groups excluding tert-OH is 3. The number of carbonyl (C=O) groups is 5. The molecule has 3 aliphatic heterocycles. The number of nitrogens with one attached hydrogen (secondary N) is 1. The molecule has 3 saturated heterocycles. The number of anilines is 2. The van der Waals surface area contributed by atoms with Crippen molar-refractivity contribution in [2.24, 2.45) is 0 Å². The number of esters is 1. The zero-order chi connectivity index (χ0) is 72.3. The SMILES string of the molecule is C.CCOC(=O)c1nnn(Cc2ccc(OC)cc2)c1SC1CCC(c2ccc(N3CCCC3=O)cc2)CC1.O=C1CCC(c2ccccc2)CC1.O=C1CCCN1.O=C1CCCN1c1ccc(C2CCC(O)CC2)cc1.OC1CCC(c2ccc(Br)cc2)CC1.OC1CCC(c2ccccc2)CC1. The molecule has 8 fully saturated rings. The average molecular weight is 1500 g/mol. The fraction of sp³-hybridized carbons (Fsp3) is 0.500. The number of hydrogen-bond donors (Lipinski definition) is 4. The maximum atomic E-state index is 12.6. The van der Waals surface area contributed by atoms with Gasteiger partial charge >= 0.3 is 5.97 Å². The number of methoxy groups -OCH3 is 1. The normalized spacial score (nSPS) is 23.1. The summed E-state index contributed by atoms with van der Waals surface area (Å²) in [6, 6.07) is 54.6. The van der Waals surface area contributed by atoms with Crippen LogP contribution in [0.2, 0.25) is 0 Å². The fourth-order valence-electron chi connectivity index (χ4n) is 15.4. The van der Waals surface area contributed by atoms with Crippen LogP contribution in [0.1, 0.15) is 255 Å². The van der Waals surface area contributed by atoms with E-state index in [1.807, 2.05) is 44.8 Å². The van der Waals surface area contributed by atoms with E-state index in [2.05, 4.69) is 159 Å². The molecule has 4 heterocycles. The van der Waals surface area contributed by atoms with E-state index in [9.17, 15) is 39.3 Å². The molecule has 0 radical (unpaired) electrons. The smallest absolute Gasteiger partial charge is 0.361 e. The molecule has 0 spiro atoms. The van der Waals surface area contributed by atoms with Crippen LogP contribution in [-0.4, -0.2) is 117 Å². The first-order valence-electron chi connectivity index (χ1n) is 38.1. The van der Waals surface area contributed by atoms with Gasteiger partial charge in [0.15, 0.2) is 0 Å². The molecule has 5 saturated carbocycles. The summed E-state index contributed by atoms with van der Waals surface area (Å²) in [6.45, 7) is 5.16. The first-order valence-corrected chi connectivity index (χ1v) is 39.7. The Morgan fingerprint density at radius 2 is 0.923 bits per heavy atom. The molecule has 5 aliphatic carbocycles. The molecule has 558 valence electrons. The molecule has 4 N–H and O–H groups in total. The highest BCUT2D eigenvalue weighted by atomic mass is 79.9. The second-order valence-electron chi connectivity index (χ2n) is 28.7. The number of nitrogens with zero attached hydrogens (tertiary/aromatic N) is 5. The zero-order valence-corrected chi connectivity index (χ0v) is 62.8. The van der Waals surface area contributed by atoms with Crippen molar-refractivity contribution >= 4 is 68.5 Å². The number of rotatable bonds is 14. The average Bonchev–Trinajstić information content (AvgIpc) is 1.62. The van der Waals surface area contributed by atoms with Crippen molar-refractivity contribution in [1.82, 2.24) is 20.3 Å². The fourth-order valence-corrected chi connectivity index (χ4v) is 16.9. The minimum atomic E-state index is -0.429. The van der Waals surface area contributed by atoms with Gasteiger partial charge in [0, 0.05) is 72.8 Å². The van der Waals surface area contributed by atoms with Crippen molar-refractivity contribution in [2.75, 3.05) is 43.2 Å². The molecule has 15 rings (SSSR count). The van der Waals surface area contributed by atoms with Gasteiger partial charge in [-0.3, -0.25) is 19.2 Å². The van der Waals surface area contributed by atoms with Gasteiger partial charge in [-0.1, -0.05) is 138 Å². The maximum Gasteiger partial charge on any atom is 0.361 e. The van der Waals surface area contributed by atoms with Gasteiger partial charge in [0.25, 0.3) is 0 Å². The molecule has 0 unspecified atom stereocenters. The minimum absolute atomic E-state index is 0. The highest BCUT2D eigenvalue weighted by molar-refractivity contribution is 9.10. The van der Waals surface area contributed by atoms with Crippen LogP contribution in [0.25, 0.3) is 0 Å². The van der Waals surface area contributed by atoms with E-state index in [1.165, 1.54) is 27.8 Å². The van der Waals surface area contributed by atoms with Crippen molar-refractivity contribution in [3.05, 3.63) is 201 Å². The number of hydrogen-bond acceptors (Lipinski definition) is 13. The quantitative estimate of drug-likeness (QED) is 0.0747.